The minimum atomic E-state index is -0.202. The van der Waals surface area contributed by atoms with Gasteiger partial charge in [0.2, 0.25) is 0 Å². The van der Waals surface area contributed by atoms with Crippen LogP contribution in [0.1, 0.15) is 30.9 Å². The lowest BCUT2D eigenvalue weighted by atomic mass is 10.0. The number of anilines is 1. The van der Waals surface area contributed by atoms with Crippen molar-refractivity contribution in [3.05, 3.63) is 53.6 Å². The Labute approximate surface area is 149 Å². The number of rotatable bonds is 8. The molecule has 0 aliphatic heterocycles. The molecular weight excluding hydrogens is 316 g/mol. The monoisotopic (exact) mass is 342 g/mol. The van der Waals surface area contributed by atoms with E-state index in [1.165, 1.54) is 0 Å². The first-order valence-corrected chi connectivity index (χ1v) is 8.45. The van der Waals surface area contributed by atoms with Gasteiger partial charge in [-0.25, -0.2) is 0 Å². The maximum absolute atomic E-state index is 12.1. The number of hydrogen-bond acceptors (Lipinski definition) is 4. The van der Waals surface area contributed by atoms with Crippen LogP contribution >= 0.6 is 0 Å². The zero-order valence-corrected chi connectivity index (χ0v) is 15.0. The van der Waals surface area contributed by atoms with Crippen molar-refractivity contribution in [3.63, 3.8) is 0 Å². The number of benzene rings is 2. The molecule has 0 bridgehead atoms. The van der Waals surface area contributed by atoms with Gasteiger partial charge in [0.25, 0.3) is 5.91 Å². The molecule has 2 aromatic carbocycles. The van der Waals surface area contributed by atoms with Crippen molar-refractivity contribution in [2.75, 3.05) is 25.1 Å². The largest absolute Gasteiger partial charge is 0.492 e. The first kappa shape index (κ1) is 18.8. The lowest BCUT2D eigenvalue weighted by molar-refractivity contribution is -0.118. The highest BCUT2D eigenvalue weighted by atomic mass is 16.5. The van der Waals surface area contributed by atoms with Crippen LogP contribution in [-0.4, -0.2) is 25.7 Å². The normalized spacial score (nSPS) is 10.6. The van der Waals surface area contributed by atoms with E-state index < -0.39 is 0 Å². The van der Waals surface area contributed by atoms with E-state index >= 15 is 0 Å². The van der Waals surface area contributed by atoms with Gasteiger partial charge in [0.15, 0.2) is 6.61 Å². The van der Waals surface area contributed by atoms with Crippen LogP contribution in [-0.2, 0) is 4.79 Å². The predicted octanol–water partition coefficient (Wildman–Crippen LogP) is 3.47. The van der Waals surface area contributed by atoms with Crippen LogP contribution in [0.3, 0.4) is 0 Å². The number of carbonyl (C=O) groups is 1. The van der Waals surface area contributed by atoms with Gasteiger partial charge >= 0.3 is 0 Å². The molecule has 0 radical (unpaired) electrons. The Morgan fingerprint density at radius 2 is 1.84 bits per heavy atom. The molecule has 134 valence electrons. The molecule has 0 unspecified atom stereocenters. The number of carbonyl (C=O) groups excluding carboxylic acids is 1. The molecular formula is C20H26N2O3. The number of hydrogen-bond donors (Lipinski definition) is 2. The van der Waals surface area contributed by atoms with Gasteiger partial charge in [0.1, 0.15) is 18.1 Å². The van der Waals surface area contributed by atoms with E-state index in [1.807, 2.05) is 19.1 Å². The molecule has 25 heavy (non-hydrogen) atoms. The highest BCUT2D eigenvalue weighted by molar-refractivity contribution is 5.91. The lowest BCUT2D eigenvalue weighted by Crippen LogP contribution is -2.20. The van der Waals surface area contributed by atoms with Crippen molar-refractivity contribution in [1.82, 2.24) is 0 Å². The third-order valence-corrected chi connectivity index (χ3v) is 3.67. The van der Waals surface area contributed by atoms with Crippen LogP contribution in [0, 0.1) is 6.92 Å². The Bertz CT molecular complexity index is 697. The zero-order chi connectivity index (χ0) is 18.2. The molecule has 2 rings (SSSR count). The van der Waals surface area contributed by atoms with Gasteiger partial charge in [0.05, 0.1) is 0 Å². The molecule has 0 atom stereocenters. The molecule has 0 heterocycles. The van der Waals surface area contributed by atoms with Crippen molar-refractivity contribution < 1.29 is 14.3 Å². The van der Waals surface area contributed by atoms with E-state index in [-0.39, 0.29) is 12.5 Å². The van der Waals surface area contributed by atoms with Crippen molar-refractivity contribution in [2.45, 2.75) is 26.7 Å². The van der Waals surface area contributed by atoms with Gasteiger partial charge in [-0.05, 0) is 54.3 Å². The third-order valence-electron chi connectivity index (χ3n) is 3.67. The molecule has 5 nitrogen and oxygen atoms in total. The fraction of sp³-hybridized carbons (Fsp3) is 0.350. The summed E-state index contributed by atoms with van der Waals surface area (Å²) >= 11 is 0. The van der Waals surface area contributed by atoms with Gasteiger partial charge in [0, 0.05) is 12.2 Å². The molecule has 5 heteroatoms. The number of ether oxygens (including phenoxy) is 2. The number of nitrogens with one attached hydrogen (secondary N) is 1. The van der Waals surface area contributed by atoms with Crippen LogP contribution in [0.2, 0.25) is 0 Å². The van der Waals surface area contributed by atoms with Crippen molar-refractivity contribution in [2.24, 2.45) is 5.73 Å². The van der Waals surface area contributed by atoms with Crippen LogP contribution in [0.15, 0.2) is 42.5 Å². The maximum atomic E-state index is 12.1. The summed E-state index contributed by atoms with van der Waals surface area (Å²) in [5.74, 6) is 1.61. The molecule has 0 saturated heterocycles. The lowest BCUT2D eigenvalue weighted by Gasteiger charge is -2.15. The summed E-state index contributed by atoms with van der Waals surface area (Å²) in [6, 6.07) is 13.2. The molecule has 0 saturated carbocycles. The first-order chi connectivity index (χ1) is 12.0. The Morgan fingerprint density at radius 1 is 1.12 bits per heavy atom. The summed E-state index contributed by atoms with van der Waals surface area (Å²) in [4.78, 5) is 12.1. The molecule has 0 aliphatic rings. The highest BCUT2D eigenvalue weighted by Crippen LogP contribution is 2.27. The van der Waals surface area contributed by atoms with Gasteiger partial charge in [-0.1, -0.05) is 26.0 Å². The minimum absolute atomic E-state index is 0.0331. The number of aryl methyl sites for hydroxylation is 1. The van der Waals surface area contributed by atoms with E-state index in [4.69, 9.17) is 15.2 Å². The molecule has 1 amide bonds. The van der Waals surface area contributed by atoms with Gasteiger partial charge in [-0.3, -0.25) is 4.79 Å². The van der Waals surface area contributed by atoms with Crippen LogP contribution in [0.4, 0.5) is 5.69 Å². The summed E-state index contributed by atoms with van der Waals surface area (Å²) in [7, 11) is 0. The average molecular weight is 342 g/mol. The Kier molecular flexibility index (Phi) is 6.83. The quantitative estimate of drug-likeness (QED) is 0.770. The van der Waals surface area contributed by atoms with E-state index in [1.54, 1.807) is 24.3 Å². The van der Waals surface area contributed by atoms with Crippen LogP contribution in [0.5, 0.6) is 11.5 Å². The third kappa shape index (κ3) is 5.80. The molecule has 0 spiro atoms. The Balaban J connectivity index is 1.92. The van der Waals surface area contributed by atoms with E-state index in [2.05, 4.69) is 25.2 Å². The van der Waals surface area contributed by atoms with Crippen molar-refractivity contribution in [3.8, 4) is 11.5 Å². The summed E-state index contributed by atoms with van der Waals surface area (Å²) < 4.78 is 11.1. The second-order valence-corrected chi connectivity index (χ2v) is 6.19. The summed E-state index contributed by atoms with van der Waals surface area (Å²) in [6.07, 6.45) is 0. The highest BCUT2D eigenvalue weighted by Gasteiger charge is 2.10. The Hall–Kier alpha value is -2.53. The van der Waals surface area contributed by atoms with E-state index in [0.717, 1.165) is 22.6 Å². The zero-order valence-electron chi connectivity index (χ0n) is 15.0. The number of nitrogens with two attached hydrogens (primary N) is 1. The van der Waals surface area contributed by atoms with Crippen molar-refractivity contribution >= 4 is 11.6 Å². The maximum Gasteiger partial charge on any atom is 0.262 e. The molecule has 2 aromatic rings. The van der Waals surface area contributed by atoms with Crippen molar-refractivity contribution in [1.29, 1.82) is 0 Å². The van der Waals surface area contributed by atoms with Crippen LogP contribution in [0.25, 0.3) is 0 Å². The Morgan fingerprint density at radius 3 is 2.48 bits per heavy atom. The smallest absolute Gasteiger partial charge is 0.262 e. The van der Waals surface area contributed by atoms with Gasteiger partial charge in [-0.15, -0.1) is 0 Å². The van der Waals surface area contributed by atoms with Gasteiger partial charge in [-0.2, -0.15) is 0 Å². The summed E-state index contributed by atoms with van der Waals surface area (Å²) in [5, 5.41) is 2.81. The molecule has 0 fully saturated rings. The second-order valence-electron chi connectivity index (χ2n) is 6.19. The van der Waals surface area contributed by atoms with Gasteiger partial charge < -0.3 is 20.5 Å². The van der Waals surface area contributed by atoms with E-state index in [9.17, 15) is 4.79 Å². The SMILES string of the molecule is Cc1ccc(C(C)C)c(OCC(=O)Nc2ccc(OCCN)cc2)c1. The minimum Gasteiger partial charge on any atom is -0.492 e. The summed E-state index contributed by atoms with van der Waals surface area (Å²) in [5.41, 5.74) is 8.29. The summed E-state index contributed by atoms with van der Waals surface area (Å²) in [6.45, 7) is 7.11. The fourth-order valence-corrected chi connectivity index (χ4v) is 2.40. The fourth-order valence-electron chi connectivity index (χ4n) is 2.40. The predicted molar refractivity (Wildman–Crippen MR) is 100 cm³/mol. The number of amides is 1. The molecule has 0 aliphatic carbocycles. The average Bonchev–Trinajstić information content (AvgIpc) is 2.59. The van der Waals surface area contributed by atoms with E-state index in [0.29, 0.717) is 24.8 Å². The first-order valence-electron chi connectivity index (χ1n) is 8.45. The standard InChI is InChI=1S/C20H26N2O3/c1-14(2)18-9-4-15(3)12-19(18)25-13-20(23)22-16-5-7-17(8-6-16)24-11-10-21/h4-9,12,14H,10-11,13,21H2,1-3H3,(H,22,23). The van der Waals surface area contributed by atoms with Crippen LogP contribution < -0.4 is 20.5 Å². The molecule has 3 N–H and O–H groups in total. The molecule has 0 aromatic heterocycles. The second kappa shape index (κ2) is 9.08. The topological polar surface area (TPSA) is 73.6 Å².